The van der Waals surface area contributed by atoms with Crippen LogP contribution in [0.3, 0.4) is 0 Å². The second-order valence-corrected chi connectivity index (χ2v) is 4.07. The molecule has 0 saturated heterocycles. The van der Waals surface area contributed by atoms with Crippen LogP contribution in [0.1, 0.15) is 10.4 Å². The van der Waals surface area contributed by atoms with E-state index >= 15 is 0 Å². The minimum atomic E-state index is 0.563. The van der Waals surface area contributed by atoms with Crippen molar-refractivity contribution in [2.24, 2.45) is 0 Å². The topological polar surface area (TPSA) is 34.9 Å². The van der Waals surface area contributed by atoms with E-state index in [1.54, 1.807) is 12.3 Å². The van der Waals surface area contributed by atoms with Crippen LogP contribution in [0.25, 0.3) is 11.0 Å². The Morgan fingerprint density at radius 3 is 3.08 bits per heavy atom. The van der Waals surface area contributed by atoms with Crippen molar-refractivity contribution in [2.45, 2.75) is 0 Å². The third-order valence-corrected chi connectivity index (χ3v) is 2.83. The highest BCUT2D eigenvalue weighted by Gasteiger charge is 2.06. The molecule has 0 N–H and O–H groups in total. The number of carbonyl (C=O) groups excluding carboxylic acids is 1. The molecule has 0 amide bonds. The largest absolute Gasteiger partial charge is 0.298 e. The number of carbonyl (C=O) groups is 1. The highest BCUT2D eigenvalue weighted by Crippen LogP contribution is 2.22. The van der Waals surface area contributed by atoms with Crippen molar-refractivity contribution >= 4 is 51.7 Å². The van der Waals surface area contributed by atoms with Crippen LogP contribution in [0, 0.1) is 3.57 Å². The smallest absolute Gasteiger partial charge is 0.155 e. The third-order valence-electron chi connectivity index (χ3n) is 1.71. The summed E-state index contributed by atoms with van der Waals surface area (Å²) in [6, 6.07) is 1.77. The van der Waals surface area contributed by atoms with Gasteiger partial charge in [-0.15, -0.1) is 0 Å². The van der Waals surface area contributed by atoms with Crippen LogP contribution >= 0.6 is 34.4 Å². The number of nitrogens with zero attached hydrogens (tertiary/aromatic N) is 2. The minimum Gasteiger partial charge on any atom is -0.298 e. The van der Waals surface area contributed by atoms with Gasteiger partial charge in [-0.25, -0.2) is 9.07 Å². The van der Waals surface area contributed by atoms with Crippen molar-refractivity contribution in [3.05, 3.63) is 27.6 Å². The van der Waals surface area contributed by atoms with E-state index in [0.29, 0.717) is 11.2 Å². The predicted octanol–water partition coefficient (Wildman–Crippen LogP) is 2.46. The van der Waals surface area contributed by atoms with Gasteiger partial charge in [0.05, 0.1) is 0 Å². The Kier molecular flexibility index (Phi) is 2.25. The van der Waals surface area contributed by atoms with Gasteiger partial charge < -0.3 is 0 Å². The maximum absolute atomic E-state index is 10.5. The van der Waals surface area contributed by atoms with Gasteiger partial charge in [0.1, 0.15) is 0 Å². The van der Waals surface area contributed by atoms with Gasteiger partial charge >= 0.3 is 0 Å². The van der Waals surface area contributed by atoms with Crippen LogP contribution in [0.15, 0.2) is 18.5 Å². The molecule has 0 bridgehead atoms. The number of fused-ring (bicyclic) bond motifs is 1. The summed E-state index contributed by atoms with van der Waals surface area (Å²) in [6.45, 7) is 0. The summed E-state index contributed by atoms with van der Waals surface area (Å²) in [5, 5.41) is 0.903. The molecule has 3 nitrogen and oxygen atoms in total. The molecule has 0 fully saturated rings. The van der Waals surface area contributed by atoms with Crippen LogP contribution in [-0.2, 0) is 0 Å². The molecule has 2 aromatic heterocycles. The molecule has 0 unspecified atom stereocenters. The Labute approximate surface area is 93.0 Å². The number of hydrogen-bond acceptors (Lipinski definition) is 2. The quantitative estimate of drug-likeness (QED) is 0.599. The number of aldehydes is 1. The summed E-state index contributed by atoms with van der Waals surface area (Å²) in [6.07, 6.45) is 4.03. The summed E-state index contributed by atoms with van der Waals surface area (Å²) >= 11 is 7.99. The summed E-state index contributed by atoms with van der Waals surface area (Å²) in [5.74, 6) is 0. The zero-order valence-electron chi connectivity index (χ0n) is 6.37. The van der Waals surface area contributed by atoms with Crippen LogP contribution in [0.2, 0.25) is 0 Å². The molecule has 2 rings (SSSR count). The molecule has 2 aromatic rings. The number of aromatic nitrogens is 2. The molecule has 66 valence electrons. The number of rotatable bonds is 1. The molecule has 0 aliphatic heterocycles. The van der Waals surface area contributed by atoms with Crippen LogP contribution < -0.4 is 0 Å². The first kappa shape index (κ1) is 8.96. The number of hydrogen-bond donors (Lipinski definition) is 0. The third kappa shape index (κ3) is 1.44. The Morgan fingerprint density at radius 2 is 2.38 bits per heavy atom. The van der Waals surface area contributed by atoms with E-state index in [2.05, 4.69) is 27.6 Å². The lowest BCUT2D eigenvalue weighted by Gasteiger charge is -1.92. The fraction of sp³-hybridized carbons (Fsp3) is 0. The van der Waals surface area contributed by atoms with Crippen molar-refractivity contribution in [3.8, 4) is 0 Å². The van der Waals surface area contributed by atoms with E-state index < -0.39 is 0 Å². The minimum absolute atomic E-state index is 0.563. The lowest BCUT2D eigenvalue weighted by atomic mass is 10.2. The first-order chi connectivity index (χ1) is 6.22. The van der Waals surface area contributed by atoms with E-state index in [4.69, 9.17) is 11.8 Å². The van der Waals surface area contributed by atoms with Crippen molar-refractivity contribution in [2.75, 3.05) is 0 Å². The van der Waals surface area contributed by atoms with Crippen molar-refractivity contribution < 1.29 is 4.79 Å². The molecular formula is C8H4ClIN2O. The number of pyridine rings is 1. The summed E-state index contributed by atoms with van der Waals surface area (Å²) in [5.41, 5.74) is 1.24. The zero-order valence-corrected chi connectivity index (χ0v) is 9.28. The van der Waals surface area contributed by atoms with Crippen molar-refractivity contribution in [3.63, 3.8) is 0 Å². The standard InChI is InChI=1S/C8H4ClIN2O/c9-12-3-7(10)6-1-5(4-13)2-11-8(6)12/h1-4H. The molecule has 0 atom stereocenters. The SMILES string of the molecule is O=Cc1cnc2c(c1)c(I)cn2Cl. The first-order valence-electron chi connectivity index (χ1n) is 3.50. The molecule has 0 saturated carbocycles. The van der Waals surface area contributed by atoms with Crippen LogP contribution in [0.4, 0.5) is 0 Å². The van der Waals surface area contributed by atoms with E-state index in [0.717, 1.165) is 15.2 Å². The van der Waals surface area contributed by atoms with E-state index in [9.17, 15) is 4.79 Å². The van der Waals surface area contributed by atoms with E-state index in [1.165, 1.54) is 10.3 Å². The van der Waals surface area contributed by atoms with Crippen molar-refractivity contribution in [1.29, 1.82) is 0 Å². The predicted molar refractivity (Wildman–Crippen MR) is 59.1 cm³/mol. The Hall–Kier alpha value is -0.620. The average molecular weight is 306 g/mol. The normalized spacial score (nSPS) is 10.6. The zero-order chi connectivity index (χ0) is 9.42. The molecule has 0 aromatic carbocycles. The van der Waals surface area contributed by atoms with Gasteiger partial charge in [-0.3, -0.25) is 4.79 Å². The van der Waals surface area contributed by atoms with Gasteiger partial charge in [0, 0.05) is 38.7 Å². The van der Waals surface area contributed by atoms with E-state index in [1.807, 2.05) is 0 Å². The maximum Gasteiger partial charge on any atom is 0.155 e. The molecular weight excluding hydrogens is 302 g/mol. The van der Waals surface area contributed by atoms with E-state index in [-0.39, 0.29) is 0 Å². The average Bonchev–Trinajstić information content (AvgIpc) is 2.42. The van der Waals surface area contributed by atoms with Crippen LogP contribution in [-0.4, -0.2) is 15.4 Å². The lowest BCUT2D eigenvalue weighted by Crippen LogP contribution is -1.85. The van der Waals surface area contributed by atoms with Crippen molar-refractivity contribution in [1.82, 2.24) is 9.07 Å². The summed E-state index contributed by atoms with van der Waals surface area (Å²) in [7, 11) is 0. The number of halogens is 2. The molecule has 0 radical (unpaired) electrons. The molecule has 0 aliphatic carbocycles. The maximum atomic E-state index is 10.5. The van der Waals surface area contributed by atoms with Gasteiger partial charge in [0.25, 0.3) is 0 Å². The van der Waals surface area contributed by atoms with Gasteiger partial charge in [-0.05, 0) is 28.7 Å². The Bertz CT molecular complexity index is 480. The summed E-state index contributed by atoms with van der Waals surface area (Å²) in [4.78, 5) is 14.6. The second kappa shape index (κ2) is 3.26. The van der Waals surface area contributed by atoms with Gasteiger partial charge in [0.2, 0.25) is 0 Å². The highest BCUT2D eigenvalue weighted by atomic mass is 127. The van der Waals surface area contributed by atoms with Gasteiger partial charge in [0.15, 0.2) is 11.9 Å². The second-order valence-electron chi connectivity index (χ2n) is 2.55. The lowest BCUT2D eigenvalue weighted by molar-refractivity contribution is 0.112. The Balaban J connectivity index is 2.83. The summed E-state index contributed by atoms with van der Waals surface area (Å²) < 4.78 is 2.41. The fourth-order valence-electron chi connectivity index (χ4n) is 1.11. The molecule has 0 aliphatic rings. The van der Waals surface area contributed by atoms with Crippen LogP contribution in [0.5, 0.6) is 0 Å². The Morgan fingerprint density at radius 1 is 1.62 bits per heavy atom. The monoisotopic (exact) mass is 306 g/mol. The molecule has 2 heterocycles. The fourth-order valence-corrected chi connectivity index (χ4v) is 2.19. The molecule has 0 spiro atoms. The molecule has 5 heteroatoms. The highest BCUT2D eigenvalue weighted by molar-refractivity contribution is 14.1. The van der Waals surface area contributed by atoms with Gasteiger partial charge in [-0.1, -0.05) is 0 Å². The first-order valence-corrected chi connectivity index (χ1v) is 4.92. The van der Waals surface area contributed by atoms with Gasteiger partial charge in [-0.2, -0.15) is 0 Å². The molecule has 13 heavy (non-hydrogen) atoms.